The number of aliphatic hydroxyl groups excluding tert-OH is 1. The topological polar surface area (TPSA) is 83.0 Å². The molecule has 2 unspecified atom stereocenters. The molecule has 3 fully saturated rings. The molecule has 152 valence electrons. The molecule has 3 aliphatic heterocycles. The van der Waals surface area contributed by atoms with Crippen molar-refractivity contribution in [3.63, 3.8) is 0 Å². The lowest BCUT2D eigenvalue weighted by Gasteiger charge is -2.30. The number of carbonyl (C=O) groups is 2. The second-order valence-corrected chi connectivity index (χ2v) is 8.46. The molecule has 0 radical (unpaired) electrons. The molecule has 2 amide bonds. The number of likely N-dealkylation sites (tertiary alicyclic amines) is 2. The van der Waals surface area contributed by atoms with Crippen molar-refractivity contribution < 1.29 is 19.4 Å². The fourth-order valence-corrected chi connectivity index (χ4v) is 4.92. The third-order valence-corrected chi connectivity index (χ3v) is 6.66. The minimum atomic E-state index is -0.370. The van der Waals surface area contributed by atoms with E-state index in [0.717, 1.165) is 18.4 Å². The number of fused-ring (bicyclic) bond motifs is 1. The predicted octanol–water partition coefficient (Wildman–Crippen LogP) is 0.720. The first kappa shape index (κ1) is 19.3. The van der Waals surface area contributed by atoms with Gasteiger partial charge in [0.25, 0.3) is 0 Å². The monoisotopic (exact) mass is 387 g/mol. The Hall–Kier alpha value is -1.99. The largest absolute Gasteiger partial charge is 0.396 e. The van der Waals surface area contributed by atoms with E-state index in [1.165, 1.54) is 0 Å². The van der Waals surface area contributed by atoms with Crippen molar-refractivity contribution in [3.8, 4) is 0 Å². The first-order valence-corrected chi connectivity index (χ1v) is 10.3. The number of aryl methyl sites for hydroxylation is 1. The molecule has 0 bridgehead atoms. The number of ether oxygens (including phenoxy) is 1. The summed E-state index contributed by atoms with van der Waals surface area (Å²) in [7, 11) is 0. The zero-order chi connectivity index (χ0) is 19.6. The van der Waals surface area contributed by atoms with E-state index >= 15 is 0 Å². The van der Waals surface area contributed by atoms with E-state index in [0.29, 0.717) is 52.2 Å². The number of amides is 2. The highest BCUT2D eigenvalue weighted by Gasteiger charge is 2.54. The molecule has 1 aromatic heterocycles. The molecule has 28 heavy (non-hydrogen) atoms. The van der Waals surface area contributed by atoms with Gasteiger partial charge in [0.1, 0.15) is 0 Å². The predicted molar refractivity (Wildman–Crippen MR) is 102 cm³/mol. The Kier molecular flexibility index (Phi) is 5.64. The number of hydrogen-bond donors (Lipinski definition) is 1. The number of nitrogens with zero attached hydrogens (tertiary/aromatic N) is 3. The molecular formula is C21H29N3O4. The van der Waals surface area contributed by atoms with Gasteiger partial charge in [-0.1, -0.05) is 6.07 Å². The summed E-state index contributed by atoms with van der Waals surface area (Å²) in [5.41, 5.74) is 0.686. The van der Waals surface area contributed by atoms with Gasteiger partial charge in [-0.3, -0.25) is 14.6 Å². The van der Waals surface area contributed by atoms with Gasteiger partial charge in [-0.05, 0) is 30.9 Å². The average molecular weight is 387 g/mol. The summed E-state index contributed by atoms with van der Waals surface area (Å²) in [5.74, 6) is 0.512. The summed E-state index contributed by atoms with van der Waals surface area (Å²) in [6.45, 7) is 3.68. The van der Waals surface area contributed by atoms with Crippen LogP contribution in [0.1, 0.15) is 24.8 Å². The lowest BCUT2D eigenvalue weighted by atomic mass is 9.82. The van der Waals surface area contributed by atoms with Gasteiger partial charge in [-0.25, -0.2) is 0 Å². The van der Waals surface area contributed by atoms with Crippen molar-refractivity contribution in [1.82, 2.24) is 14.8 Å². The van der Waals surface area contributed by atoms with Crippen LogP contribution in [0.2, 0.25) is 0 Å². The van der Waals surface area contributed by atoms with Gasteiger partial charge >= 0.3 is 0 Å². The van der Waals surface area contributed by atoms with Crippen LogP contribution in [0.15, 0.2) is 24.5 Å². The Balaban J connectivity index is 1.34. The molecule has 0 saturated carbocycles. The Morgan fingerprint density at radius 3 is 2.64 bits per heavy atom. The van der Waals surface area contributed by atoms with Gasteiger partial charge in [-0.15, -0.1) is 0 Å². The Bertz CT molecular complexity index is 707. The van der Waals surface area contributed by atoms with Crippen molar-refractivity contribution in [3.05, 3.63) is 30.1 Å². The van der Waals surface area contributed by atoms with Crippen molar-refractivity contribution in [2.24, 2.45) is 17.3 Å². The SMILES string of the molecule is O=C(CCc1cccnc1)N1CC2CN(C(=O)C3CCOCC3)CC2(CO)C1. The number of carbonyl (C=O) groups excluding carboxylic acids is 2. The molecule has 1 aromatic rings. The zero-order valence-corrected chi connectivity index (χ0v) is 16.3. The summed E-state index contributed by atoms with van der Waals surface area (Å²) >= 11 is 0. The molecule has 4 rings (SSSR count). The number of rotatable bonds is 5. The number of aliphatic hydroxyl groups is 1. The van der Waals surface area contributed by atoms with Gasteiger partial charge in [0.15, 0.2) is 0 Å². The molecule has 7 nitrogen and oxygen atoms in total. The Labute approximate surface area is 165 Å². The highest BCUT2D eigenvalue weighted by molar-refractivity contribution is 5.80. The molecule has 7 heteroatoms. The van der Waals surface area contributed by atoms with Gasteiger partial charge in [0.05, 0.1) is 6.61 Å². The van der Waals surface area contributed by atoms with Crippen LogP contribution in [0.5, 0.6) is 0 Å². The molecule has 3 aliphatic rings. The quantitative estimate of drug-likeness (QED) is 0.805. The molecule has 0 spiro atoms. The highest BCUT2D eigenvalue weighted by atomic mass is 16.5. The molecule has 0 aliphatic carbocycles. The van der Waals surface area contributed by atoms with Crippen LogP contribution in [0.25, 0.3) is 0 Å². The number of pyridine rings is 1. The first-order valence-electron chi connectivity index (χ1n) is 10.3. The summed E-state index contributed by atoms with van der Waals surface area (Å²) in [5, 5.41) is 10.1. The van der Waals surface area contributed by atoms with Crippen LogP contribution in [0.3, 0.4) is 0 Å². The van der Waals surface area contributed by atoms with Gasteiger partial charge in [0.2, 0.25) is 11.8 Å². The number of hydrogen-bond acceptors (Lipinski definition) is 5. The van der Waals surface area contributed by atoms with Crippen molar-refractivity contribution >= 4 is 11.8 Å². The van der Waals surface area contributed by atoms with Crippen LogP contribution in [-0.2, 0) is 20.7 Å². The zero-order valence-electron chi connectivity index (χ0n) is 16.3. The number of aromatic nitrogens is 1. The van der Waals surface area contributed by atoms with Gasteiger partial charge < -0.3 is 19.6 Å². The molecule has 1 N–H and O–H groups in total. The van der Waals surface area contributed by atoms with E-state index in [9.17, 15) is 14.7 Å². The fourth-order valence-electron chi connectivity index (χ4n) is 4.92. The van der Waals surface area contributed by atoms with Crippen LogP contribution >= 0.6 is 0 Å². The smallest absolute Gasteiger partial charge is 0.225 e. The average Bonchev–Trinajstić information content (AvgIpc) is 3.28. The maximum atomic E-state index is 12.9. The Morgan fingerprint density at radius 1 is 1.21 bits per heavy atom. The summed E-state index contributed by atoms with van der Waals surface area (Å²) < 4.78 is 5.36. The maximum absolute atomic E-state index is 12.9. The van der Waals surface area contributed by atoms with Crippen molar-refractivity contribution in [2.75, 3.05) is 46.0 Å². The lowest BCUT2D eigenvalue weighted by Crippen LogP contribution is -2.43. The molecule has 3 saturated heterocycles. The summed E-state index contributed by atoms with van der Waals surface area (Å²) in [4.78, 5) is 33.5. The Morgan fingerprint density at radius 2 is 1.96 bits per heavy atom. The molecule has 4 heterocycles. The standard InChI is InChI=1S/C21H29N3O4/c25-15-21-13-23(19(26)4-3-16-2-1-7-22-10-16)11-18(21)12-24(14-21)20(27)17-5-8-28-9-6-17/h1-2,7,10,17-18,25H,3-6,8-9,11-15H2. The molecular weight excluding hydrogens is 358 g/mol. The third-order valence-electron chi connectivity index (χ3n) is 6.66. The van der Waals surface area contributed by atoms with Crippen LogP contribution in [0, 0.1) is 17.3 Å². The van der Waals surface area contributed by atoms with Gasteiger partial charge in [0, 0.05) is 75.5 Å². The lowest BCUT2D eigenvalue weighted by molar-refractivity contribution is -0.138. The third kappa shape index (κ3) is 3.78. The van der Waals surface area contributed by atoms with Gasteiger partial charge in [-0.2, -0.15) is 0 Å². The second kappa shape index (κ2) is 8.17. The van der Waals surface area contributed by atoms with E-state index < -0.39 is 0 Å². The summed E-state index contributed by atoms with van der Waals surface area (Å²) in [6, 6.07) is 3.86. The van der Waals surface area contributed by atoms with Crippen LogP contribution in [0.4, 0.5) is 0 Å². The minimum absolute atomic E-state index is 0.0155. The minimum Gasteiger partial charge on any atom is -0.396 e. The van der Waals surface area contributed by atoms with Crippen LogP contribution in [-0.4, -0.2) is 77.7 Å². The maximum Gasteiger partial charge on any atom is 0.225 e. The summed E-state index contributed by atoms with van der Waals surface area (Å²) in [6.07, 6.45) is 6.21. The van der Waals surface area contributed by atoms with E-state index in [2.05, 4.69) is 4.98 Å². The highest BCUT2D eigenvalue weighted by Crippen LogP contribution is 2.43. The normalized spacial score (nSPS) is 27.8. The van der Waals surface area contributed by atoms with E-state index in [4.69, 9.17) is 4.74 Å². The molecule has 2 atom stereocenters. The first-order chi connectivity index (χ1) is 13.6. The van der Waals surface area contributed by atoms with E-state index in [-0.39, 0.29) is 35.7 Å². The fraction of sp³-hybridized carbons (Fsp3) is 0.667. The van der Waals surface area contributed by atoms with Crippen LogP contribution < -0.4 is 0 Å². The van der Waals surface area contributed by atoms with E-state index in [1.807, 2.05) is 21.9 Å². The second-order valence-electron chi connectivity index (χ2n) is 8.46. The molecule has 0 aromatic carbocycles. The van der Waals surface area contributed by atoms with Crippen molar-refractivity contribution in [1.29, 1.82) is 0 Å². The van der Waals surface area contributed by atoms with Crippen molar-refractivity contribution in [2.45, 2.75) is 25.7 Å². The van der Waals surface area contributed by atoms with E-state index in [1.54, 1.807) is 12.4 Å².